The van der Waals surface area contributed by atoms with Crippen molar-refractivity contribution >= 4 is 5.91 Å². The van der Waals surface area contributed by atoms with Crippen molar-refractivity contribution in [3.8, 4) is 0 Å². The molecular weight excluding hydrogens is 260 g/mol. The minimum Gasteiger partial charge on any atom is -0.353 e. The highest BCUT2D eigenvalue weighted by atomic mass is 16.2. The Labute approximate surface area is 128 Å². The molecule has 1 aromatic carbocycles. The molecule has 3 heteroatoms. The standard InChI is InChI=1S/C18H28N2O/c1-4-15(3)19-18(21)17-10-7-11-20(13-17)12-16-9-6-5-8-14(16)2/h5-6,8-9,15,17H,4,7,10-13H2,1-3H3,(H,19,21). The lowest BCUT2D eigenvalue weighted by molar-refractivity contribution is -0.127. The van der Waals surface area contributed by atoms with E-state index >= 15 is 0 Å². The predicted octanol–water partition coefficient (Wildman–Crippen LogP) is 3.12. The second-order valence-electron chi connectivity index (χ2n) is 6.32. The van der Waals surface area contributed by atoms with E-state index in [1.807, 2.05) is 0 Å². The number of carbonyl (C=O) groups is 1. The lowest BCUT2D eigenvalue weighted by Crippen LogP contribution is -2.44. The van der Waals surface area contributed by atoms with E-state index in [-0.39, 0.29) is 17.9 Å². The van der Waals surface area contributed by atoms with E-state index in [9.17, 15) is 4.79 Å². The van der Waals surface area contributed by atoms with Gasteiger partial charge in [-0.1, -0.05) is 31.2 Å². The molecule has 1 aromatic rings. The van der Waals surface area contributed by atoms with Gasteiger partial charge in [0, 0.05) is 19.1 Å². The van der Waals surface area contributed by atoms with Gasteiger partial charge in [0.15, 0.2) is 0 Å². The number of hydrogen-bond donors (Lipinski definition) is 1. The van der Waals surface area contributed by atoms with E-state index in [0.29, 0.717) is 0 Å². The highest BCUT2D eigenvalue weighted by Crippen LogP contribution is 2.20. The average molecular weight is 288 g/mol. The monoisotopic (exact) mass is 288 g/mol. The maximum Gasteiger partial charge on any atom is 0.224 e. The summed E-state index contributed by atoms with van der Waals surface area (Å²) in [5.41, 5.74) is 2.71. The van der Waals surface area contributed by atoms with Crippen LogP contribution < -0.4 is 5.32 Å². The van der Waals surface area contributed by atoms with Crippen LogP contribution in [-0.2, 0) is 11.3 Å². The van der Waals surface area contributed by atoms with Crippen LogP contribution in [0.1, 0.15) is 44.2 Å². The lowest BCUT2D eigenvalue weighted by atomic mass is 9.96. The SMILES string of the molecule is CCC(C)NC(=O)C1CCCN(Cc2ccccc2C)C1. The van der Waals surface area contributed by atoms with Crippen LogP contribution in [0, 0.1) is 12.8 Å². The van der Waals surface area contributed by atoms with Gasteiger partial charge in [-0.15, -0.1) is 0 Å². The summed E-state index contributed by atoms with van der Waals surface area (Å²) >= 11 is 0. The molecule has 1 saturated heterocycles. The van der Waals surface area contributed by atoms with Crippen LogP contribution in [0.15, 0.2) is 24.3 Å². The molecule has 1 amide bonds. The van der Waals surface area contributed by atoms with E-state index in [4.69, 9.17) is 0 Å². The van der Waals surface area contributed by atoms with E-state index in [2.05, 4.69) is 55.3 Å². The van der Waals surface area contributed by atoms with Gasteiger partial charge in [-0.3, -0.25) is 9.69 Å². The maximum atomic E-state index is 12.3. The summed E-state index contributed by atoms with van der Waals surface area (Å²) in [5, 5.41) is 3.13. The number of nitrogens with zero attached hydrogens (tertiary/aromatic N) is 1. The smallest absolute Gasteiger partial charge is 0.224 e. The number of piperidine rings is 1. The topological polar surface area (TPSA) is 32.3 Å². The van der Waals surface area contributed by atoms with Crippen LogP contribution in [0.25, 0.3) is 0 Å². The molecule has 1 fully saturated rings. The highest BCUT2D eigenvalue weighted by molar-refractivity contribution is 5.79. The first-order valence-corrected chi connectivity index (χ1v) is 8.17. The van der Waals surface area contributed by atoms with Crippen molar-refractivity contribution in [2.75, 3.05) is 13.1 Å². The fourth-order valence-corrected chi connectivity index (χ4v) is 2.90. The molecule has 3 nitrogen and oxygen atoms in total. The van der Waals surface area contributed by atoms with Crippen LogP contribution in [0.2, 0.25) is 0 Å². The summed E-state index contributed by atoms with van der Waals surface area (Å²) in [6.45, 7) is 9.28. The summed E-state index contributed by atoms with van der Waals surface area (Å²) in [4.78, 5) is 14.7. The number of amides is 1. The van der Waals surface area contributed by atoms with Crippen molar-refractivity contribution in [2.24, 2.45) is 5.92 Å². The lowest BCUT2D eigenvalue weighted by Gasteiger charge is -2.32. The number of likely N-dealkylation sites (tertiary alicyclic amines) is 1. The quantitative estimate of drug-likeness (QED) is 0.903. The van der Waals surface area contributed by atoms with Crippen LogP contribution in [0.3, 0.4) is 0 Å². The van der Waals surface area contributed by atoms with Crippen molar-refractivity contribution < 1.29 is 4.79 Å². The van der Waals surface area contributed by atoms with Crippen molar-refractivity contribution in [3.63, 3.8) is 0 Å². The van der Waals surface area contributed by atoms with E-state index in [1.165, 1.54) is 11.1 Å². The van der Waals surface area contributed by atoms with Crippen LogP contribution in [0.5, 0.6) is 0 Å². The van der Waals surface area contributed by atoms with Gasteiger partial charge in [-0.25, -0.2) is 0 Å². The number of nitrogens with one attached hydrogen (secondary N) is 1. The van der Waals surface area contributed by atoms with Crippen molar-refractivity contribution in [2.45, 2.75) is 52.6 Å². The molecule has 1 aliphatic heterocycles. The van der Waals surface area contributed by atoms with Gasteiger partial charge in [0.25, 0.3) is 0 Å². The summed E-state index contributed by atoms with van der Waals surface area (Å²) in [6, 6.07) is 8.81. The Morgan fingerprint density at radius 2 is 2.19 bits per heavy atom. The molecule has 0 bridgehead atoms. The third-order valence-corrected chi connectivity index (χ3v) is 4.53. The van der Waals surface area contributed by atoms with Crippen molar-refractivity contribution in [3.05, 3.63) is 35.4 Å². The first kappa shape index (κ1) is 16.0. The third kappa shape index (κ3) is 4.57. The second kappa shape index (κ2) is 7.60. The van der Waals surface area contributed by atoms with Crippen LogP contribution in [0.4, 0.5) is 0 Å². The predicted molar refractivity (Wildman–Crippen MR) is 87.1 cm³/mol. The second-order valence-corrected chi connectivity index (χ2v) is 6.32. The number of hydrogen-bond acceptors (Lipinski definition) is 2. The Morgan fingerprint density at radius 1 is 1.43 bits per heavy atom. The molecule has 0 radical (unpaired) electrons. The summed E-state index contributed by atoms with van der Waals surface area (Å²) in [6.07, 6.45) is 3.13. The van der Waals surface area contributed by atoms with Gasteiger partial charge in [0.2, 0.25) is 5.91 Å². The summed E-state index contributed by atoms with van der Waals surface area (Å²) in [5.74, 6) is 0.385. The Morgan fingerprint density at radius 3 is 2.90 bits per heavy atom. The Kier molecular flexibility index (Phi) is 5.80. The largest absolute Gasteiger partial charge is 0.353 e. The molecule has 2 rings (SSSR count). The molecule has 116 valence electrons. The number of rotatable bonds is 5. The molecule has 0 aliphatic carbocycles. The first-order valence-electron chi connectivity index (χ1n) is 8.17. The Hall–Kier alpha value is -1.35. The summed E-state index contributed by atoms with van der Waals surface area (Å²) < 4.78 is 0. The third-order valence-electron chi connectivity index (χ3n) is 4.53. The van der Waals surface area contributed by atoms with E-state index in [0.717, 1.165) is 38.9 Å². The average Bonchev–Trinajstić information content (AvgIpc) is 2.49. The zero-order chi connectivity index (χ0) is 15.2. The maximum absolute atomic E-state index is 12.3. The zero-order valence-corrected chi connectivity index (χ0v) is 13.6. The minimum absolute atomic E-state index is 0.150. The fourth-order valence-electron chi connectivity index (χ4n) is 2.90. The van der Waals surface area contributed by atoms with Gasteiger partial charge in [-0.2, -0.15) is 0 Å². The normalized spacial score (nSPS) is 21.0. The van der Waals surface area contributed by atoms with Crippen molar-refractivity contribution in [1.29, 1.82) is 0 Å². The van der Waals surface area contributed by atoms with Crippen LogP contribution >= 0.6 is 0 Å². The molecule has 0 spiro atoms. The number of aryl methyl sites for hydroxylation is 1. The Bertz CT molecular complexity index is 472. The number of carbonyl (C=O) groups excluding carboxylic acids is 1. The minimum atomic E-state index is 0.150. The summed E-state index contributed by atoms with van der Waals surface area (Å²) in [7, 11) is 0. The zero-order valence-electron chi connectivity index (χ0n) is 13.6. The number of benzene rings is 1. The van der Waals surface area contributed by atoms with Crippen LogP contribution in [-0.4, -0.2) is 29.9 Å². The molecule has 0 saturated carbocycles. The van der Waals surface area contributed by atoms with Gasteiger partial charge in [0.05, 0.1) is 5.92 Å². The Balaban J connectivity index is 1.92. The molecule has 21 heavy (non-hydrogen) atoms. The first-order chi connectivity index (χ1) is 10.1. The fraction of sp³-hybridized carbons (Fsp3) is 0.611. The van der Waals surface area contributed by atoms with Gasteiger partial charge < -0.3 is 5.32 Å². The highest BCUT2D eigenvalue weighted by Gasteiger charge is 2.26. The molecule has 2 atom stereocenters. The molecule has 1 heterocycles. The molecule has 1 aliphatic rings. The van der Waals surface area contributed by atoms with Crippen molar-refractivity contribution in [1.82, 2.24) is 10.2 Å². The molecule has 1 N–H and O–H groups in total. The van der Waals surface area contributed by atoms with Gasteiger partial charge in [-0.05, 0) is 50.8 Å². The van der Waals surface area contributed by atoms with Gasteiger partial charge >= 0.3 is 0 Å². The molecule has 2 unspecified atom stereocenters. The van der Waals surface area contributed by atoms with E-state index in [1.54, 1.807) is 0 Å². The van der Waals surface area contributed by atoms with E-state index < -0.39 is 0 Å². The molecular formula is C18H28N2O. The van der Waals surface area contributed by atoms with Gasteiger partial charge in [0.1, 0.15) is 0 Å². The molecule has 0 aromatic heterocycles.